The zero-order valence-electron chi connectivity index (χ0n) is 30.1. The first kappa shape index (κ1) is 39.1. The summed E-state index contributed by atoms with van der Waals surface area (Å²) in [5.74, 6) is 1.42. The van der Waals surface area contributed by atoms with Crippen molar-refractivity contribution in [3.63, 3.8) is 0 Å². The topological polar surface area (TPSA) is 99.2 Å². The molecule has 3 aromatic carbocycles. The molecule has 0 radical (unpaired) electrons. The quantitative estimate of drug-likeness (QED) is 0.0613. The minimum Gasteiger partial charge on any atom is -0.492 e. The summed E-state index contributed by atoms with van der Waals surface area (Å²) in [6.45, 7) is 8.08. The summed E-state index contributed by atoms with van der Waals surface area (Å²) in [5.41, 5.74) is 3.13. The van der Waals surface area contributed by atoms with Crippen LogP contribution in [-0.2, 0) is 26.7 Å². The highest BCUT2D eigenvalue weighted by Gasteiger charge is 2.19. The fraction of sp³-hybridized carbons (Fsp3) is 0.500. The Bertz CT molecular complexity index is 1880. The normalized spacial score (nSPS) is 14.2. The van der Waals surface area contributed by atoms with E-state index in [4.69, 9.17) is 13.1 Å². The molecule has 0 N–H and O–H groups in total. The molecule has 1 aromatic heterocycles. The van der Waals surface area contributed by atoms with Crippen LogP contribution in [0.4, 0.5) is 0 Å². The van der Waals surface area contributed by atoms with Crippen molar-refractivity contribution in [3.8, 4) is 27.7 Å². The van der Waals surface area contributed by atoms with Crippen LogP contribution in [0.1, 0.15) is 95.6 Å². The molecule has 8 nitrogen and oxygen atoms in total. The van der Waals surface area contributed by atoms with Crippen LogP contribution < -0.4 is 13.1 Å². The number of benzene rings is 3. The largest absolute Gasteiger partial charge is 0.492 e. The molecule has 1 aliphatic heterocycles. The van der Waals surface area contributed by atoms with Crippen LogP contribution in [0.3, 0.4) is 0 Å². The molecule has 1 fully saturated rings. The van der Waals surface area contributed by atoms with Gasteiger partial charge in [-0.25, -0.2) is 0 Å². The van der Waals surface area contributed by atoms with Crippen LogP contribution >= 0.6 is 11.3 Å². The van der Waals surface area contributed by atoms with Crippen LogP contribution in [-0.4, -0.2) is 59.5 Å². The van der Waals surface area contributed by atoms with Crippen molar-refractivity contribution in [1.82, 2.24) is 4.90 Å². The fourth-order valence-electron chi connectivity index (χ4n) is 6.42. The molecule has 278 valence electrons. The lowest BCUT2D eigenvalue weighted by Gasteiger charge is -2.26. The van der Waals surface area contributed by atoms with Gasteiger partial charge >= 0.3 is 20.2 Å². The molecule has 1 aliphatic rings. The molecular weight excluding hydrogens is 703 g/mol. The molecule has 2 heterocycles. The highest BCUT2D eigenvalue weighted by atomic mass is 32.2. The molecule has 0 aliphatic carbocycles. The Morgan fingerprint density at radius 3 is 1.88 bits per heavy atom. The van der Waals surface area contributed by atoms with Crippen molar-refractivity contribution in [3.05, 3.63) is 77.9 Å². The third-order valence-electron chi connectivity index (χ3n) is 9.25. The zero-order valence-corrected chi connectivity index (χ0v) is 32.6. The highest BCUT2D eigenvalue weighted by molar-refractivity contribution is 7.87. The van der Waals surface area contributed by atoms with Crippen molar-refractivity contribution < 1.29 is 29.9 Å². The first-order valence-electron chi connectivity index (χ1n) is 18.6. The number of ether oxygens (including phenoxy) is 1. The molecule has 1 saturated heterocycles. The molecule has 0 amide bonds. The highest BCUT2D eigenvalue weighted by Crippen LogP contribution is 2.42. The van der Waals surface area contributed by atoms with Gasteiger partial charge in [-0.05, 0) is 122 Å². The number of hydrogen-bond donors (Lipinski definition) is 0. The maximum atomic E-state index is 12.7. The zero-order chi connectivity index (χ0) is 36.1. The van der Waals surface area contributed by atoms with Gasteiger partial charge in [-0.3, -0.25) is 4.90 Å². The van der Waals surface area contributed by atoms with Crippen molar-refractivity contribution in [2.45, 2.75) is 90.9 Å². The predicted octanol–water partition coefficient (Wildman–Crippen LogP) is 9.60. The molecule has 0 atom stereocenters. The second kappa shape index (κ2) is 19.1. The summed E-state index contributed by atoms with van der Waals surface area (Å²) in [5, 5.41) is 1.01. The lowest BCUT2D eigenvalue weighted by atomic mass is 9.99. The monoisotopic (exact) mass is 755 g/mol. The Hall–Kier alpha value is -3.12. The van der Waals surface area contributed by atoms with E-state index in [-0.39, 0.29) is 17.3 Å². The van der Waals surface area contributed by atoms with Crippen LogP contribution in [0.2, 0.25) is 0 Å². The Morgan fingerprint density at radius 2 is 1.25 bits per heavy atom. The Labute approximate surface area is 309 Å². The molecule has 0 saturated carbocycles. The molecule has 11 heteroatoms. The molecule has 5 rings (SSSR count). The van der Waals surface area contributed by atoms with Gasteiger partial charge in [-0.1, -0.05) is 70.9 Å². The summed E-state index contributed by atoms with van der Waals surface area (Å²) in [6.07, 6.45) is 11.4. The Morgan fingerprint density at radius 1 is 0.667 bits per heavy atom. The second-order valence-corrected chi connectivity index (χ2v) is 17.9. The van der Waals surface area contributed by atoms with Gasteiger partial charge in [0, 0.05) is 16.1 Å². The average Bonchev–Trinajstić information content (AvgIpc) is 3.47. The van der Waals surface area contributed by atoms with E-state index in [9.17, 15) is 16.8 Å². The minimum atomic E-state index is -3.71. The smallest absolute Gasteiger partial charge is 0.309 e. The molecule has 4 aromatic rings. The summed E-state index contributed by atoms with van der Waals surface area (Å²) >= 11 is 1.56. The number of hydrogen-bond acceptors (Lipinski definition) is 9. The van der Waals surface area contributed by atoms with E-state index in [1.165, 1.54) is 19.3 Å². The second-order valence-electron chi connectivity index (χ2n) is 13.5. The van der Waals surface area contributed by atoms with Crippen molar-refractivity contribution in [1.29, 1.82) is 0 Å². The van der Waals surface area contributed by atoms with Gasteiger partial charge < -0.3 is 13.1 Å². The summed E-state index contributed by atoms with van der Waals surface area (Å²) in [6, 6.07) is 20.9. The summed E-state index contributed by atoms with van der Waals surface area (Å²) in [4.78, 5) is 3.48. The predicted molar refractivity (Wildman–Crippen MR) is 209 cm³/mol. The van der Waals surface area contributed by atoms with E-state index in [0.29, 0.717) is 31.6 Å². The fourth-order valence-corrected chi connectivity index (χ4v) is 9.76. The van der Waals surface area contributed by atoms with E-state index in [1.807, 2.05) is 30.3 Å². The number of rotatable bonds is 21. The van der Waals surface area contributed by atoms with Gasteiger partial charge in [0.1, 0.15) is 23.9 Å². The summed E-state index contributed by atoms with van der Waals surface area (Å²) in [7, 11) is -7.39. The van der Waals surface area contributed by atoms with Gasteiger partial charge in [-0.2, -0.15) is 16.8 Å². The van der Waals surface area contributed by atoms with Crippen LogP contribution in [0, 0.1) is 0 Å². The lowest BCUT2D eigenvalue weighted by Crippen LogP contribution is -2.33. The number of thiophene rings is 1. The van der Waals surface area contributed by atoms with Crippen molar-refractivity contribution >= 4 is 41.7 Å². The molecular formula is C40H53NO7S3. The lowest BCUT2D eigenvalue weighted by molar-refractivity contribution is 0.183. The van der Waals surface area contributed by atoms with Crippen molar-refractivity contribution in [2.24, 2.45) is 0 Å². The van der Waals surface area contributed by atoms with Gasteiger partial charge in [0.15, 0.2) is 0 Å². The molecule has 0 spiro atoms. The number of likely N-dealkylation sites (tertiary alicyclic amines) is 1. The molecule has 0 bridgehead atoms. The van der Waals surface area contributed by atoms with E-state index in [0.717, 1.165) is 95.6 Å². The maximum Gasteiger partial charge on any atom is 0.309 e. The third-order valence-corrected chi connectivity index (χ3v) is 13.0. The standard InChI is InChI=1S/C40H53NO7S3/c1-3-5-7-12-28-50(42,43)47-35-20-16-33(17-21-35)40-38(30-32-14-18-34(19-15-32)46-27-26-41-24-10-9-11-25-41)37-23-22-36(31-39(37)49-40)48-51(44,45)29-13-8-6-4-2/h14-23,31H,3-13,24-30H2,1-2H3. The van der Waals surface area contributed by atoms with Crippen LogP contribution in [0.5, 0.6) is 17.2 Å². The number of unbranched alkanes of at least 4 members (excludes halogenated alkanes) is 6. The van der Waals surface area contributed by atoms with Crippen LogP contribution in [0.25, 0.3) is 20.5 Å². The number of fused-ring (bicyclic) bond motifs is 1. The van der Waals surface area contributed by atoms with Gasteiger partial charge in [-0.15, -0.1) is 11.3 Å². The van der Waals surface area contributed by atoms with E-state index in [1.54, 1.807) is 35.6 Å². The third kappa shape index (κ3) is 12.2. The summed E-state index contributed by atoms with van der Waals surface area (Å²) < 4.78 is 68.6. The van der Waals surface area contributed by atoms with Crippen molar-refractivity contribution in [2.75, 3.05) is 37.7 Å². The molecule has 51 heavy (non-hydrogen) atoms. The first-order chi connectivity index (χ1) is 24.6. The number of piperidine rings is 1. The van der Waals surface area contributed by atoms with E-state index in [2.05, 4.69) is 30.9 Å². The minimum absolute atomic E-state index is 0.00362. The van der Waals surface area contributed by atoms with E-state index < -0.39 is 20.2 Å². The van der Waals surface area contributed by atoms with Gasteiger partial charge in [0.05, 0.1) is 11.5 Å². The molecule has 0 unspecified atom stereocenters. The van der Waals surface area contributed by atoms with E-state index >= 15 is 0 Å². The Kier molecular flexibility index (Phi) is 14.6. The number of nitrogens with zero attached hydrogens (tertiary/aromatic N) is 1. The van der Waals surface area contributed by atoms with Crippen LogP contribution in [0.15, 0.2) is 66.7 Å². The van der Waals surface area contributed by atoms with Gasteiger partial charge in [0.25, 0.3) is 0 Å². The maximum absolute atomic E-state index is 12.7. The SMILES string of the molecule is CCCCCCS(=O)(=O)Oc1ccc(-c2sc3cc(OS(=O)(=O)CCCCCC)ccc3c2Cc2ccc(OCCN3CCCCC3)cc2)cc1. The first-order valence-corrected chi connectivity index (χ1v) is 22.6. The van der Waals surface area contributed by atoms with Gasteiger partial charge in [0.2, 0.25) is 0 Å². The average molecular weight is 756 g/mol. The Balaban J connectivity index is 1.35.